The molecule has 3 aromatic rings. The summed E-state index contributed by atoms with van der Waals surface area (Å²) in [6.07, 6.45) is 1.30. The van der Waals surface area contributed by atoms with Crippen molar-refractivity contribution < 1.29 is 18.7 Å². The molecule has 0 radical (unpaired) electrons. The molecule has 0 fully saturated rings. The van der Waals surface area contributed by atoms with Crippen LogP contribution in [0.25, 0.3) is 0 Å². The van der Waals surface area contributed by atoms with Crippen LogP contribution in [0.2, 0.25) is 0 Å². The van der Waals surface area contributed by atoms with Gasteiger partial charge in [-0.2, -0.15) is 0 Å². The van der Waals surface area contributed by atoms with Crippen molar-refractivity contribution in [3.8, 4) is 0 Å². The van der Waals surface area contributed by atoms with Gasteiger partial charge in [0.15, 0.2) is 0 Å². The highest BCUT2D eigenvalue weighted by Gasteiger charge is 2.15. The van der Waals surface area contributed by atoms with E-state index in [2.05, 4.69) is 15.5 Å². The molecule has 0 aliphatic heterocycles. The molecule has 0 aliphatic rings. The Morgan fingerprint density at radius 1 is 1.00 bits per heavy atom. The summed E-state index contributed by atoms with van der Waals surface area (Å²) in [6, 6.07) is 16.3. The fourth-order valence-corrected chi connectivity index (χ4v) is 2.43. The zero-order valence-electron chi connectivity index (χ0n) is 14.8. The summed E-state index contributed by atoms with van der Waals surface area (Å²) in [5.41, 5.74) is 2.08. The van der Waals surface area contributed by atoms with Crippen LogP contribution in [0.15, 0.2) is 59.0 Å². The maximum Gasteiger partial charge on any atom is 0.338 e. The summed E-state index contributed by atoms with van der Waals surface area (Å²) < 4.78 is 10.3. The molecule has 1 N–H and O–H groups in total. The topological polar surface area (TPSA) is 94.3 Å². The first kappa shape index (κ1) is 18.3. The van der Waals surface area contributed by atoms with Crippen molar-refractivity contribution in [3.05, 3.63) is 77.5 Å². The Kier molecular flexibility index (Phi) is 5.94. The third-order valence-electron chi connectivity index (χ3n) is 3.79. The minimum atomic E-state index is -0.502. The van der Waals surface area contributed by atoms with E-state index in [0.717, 1.165) is 12.0 Å². The number of nitrogens with zero attached hydrogens (tertiary/aromatic N) is 2. The lowest BCUT2D eigenvalue weighted by Gasteiger charge is -2.04. The first-order valence-corrected chi connectivity index (χ1v) is 8.60. The van der Waals surface area contributed by atoms with Crippen LogP contribution < -0.4 is 5.32 Å². The fraction of sp³-hybridized carbons (Fsp3) is 0.200. The van der Waals surface area contributed by atoms with Gasteiger partial charge >= 0.3 is 17.8 Å². The number of esters is 1. The normalized spacial score (nSPS) is 10.4. The standard InChI is InChI=1S/C20H19N3O4/c1-2-26-20(25)15-9-11-16(12-10-15)21-18(24)19-23-22-17(27-19)13-8-14-6-4-3-5-7-14/h3-7,9-12H,2,8,13H2,1H3,(H,21,24). The smallest absolute Gasteiger partial charge is 0.338 e. The van der Waals surface area contributed by atoms with Gasteiger partial charge in [0.1, 0.15) is 0 Å². The molecule has 0 aliphatic carbocycles. The van der Waals surface area contributed by atoms with Crippen molar-refractivity contribution in [2.75, 3.05) is 11.9 Å². The Bertz CT molecular complexity index is 904. The van der Waals surface area contributed by atoms with Gasteiger partial charge in [-0.25, -0.2) is 4.79 Å². The molecule has 7 heteroatoms. The number of hydrogen-bond donors (Lipinski definition) is 1. The molecule has 1 heterocycles. The number of benzene rings is 2. The monoisotopic (exact) mass is 365 g/mol. The van der Waals surface area contributed by atoms with Crippen molar-refractivity contribution in [2.45, 2.75) is 19.8 Å². The molecule has 0 saturated heterocycles. The highest BCUT2D eigenvalue weighted by Crippen LogP contribution is 2.13. The molecule has 1 amide bonds. The zero-order chi connectivity index (χ0) is 19.1. The molecule has 1 aromatic heterocycles. The number of ether oxygens (including phenoxy) is 1. The highest BCUT2D eigenvalue weighted by atomic mass is 16.5. The molecule has 0 saturated carbocycles. The molecule has 0 bridgehead atoms. The summed E-state index contributed by atoms with van der Waals surface area (Å²) >= 11 is 0. The lowest BCUT2D eigenvalue weighted by molar-refractivity contribution is 0.0526. The van der Waals surface area contributed by atoms with E-state index < -0.39 is 11.9 Å². The maximum atomic E-state index is 12.2. The van der Waals surface area contributed by atoms with Gasteiger partial charge in [-0.1, -0.05) is 30.3 Å². The average molecular weight is 365 g/mol. The van der Waals surface area contributed by atoms with E-state index in [-0.39, 0.29) is 5.89 Å². The van der Waals surface area contributed by atoms with Crippen LogP contribution in [-0.4, -0.2) is 28.7 Å². The van der Waals surface area contributed by atoms with Crippen LogP contribution in [0, 0.1) is 0 Å². The number of aromatic nitrogens is 2. The Hall–Kier alpha value is -3.48. The second-order valence-corrected chi connectivity index (χ2v) is 5.74. The second kappa shape index (κ2) is 8.75. The number of anilines is 1. The molecule has 0 unspecified atom stereocenters. The van der Waals surface area contributed by atoms with Gasteiger partial charge in [-0.05, 0) is 43.2 Å². The second-order valence-electron chi connectivity index (χ2n) is 5.74. The summed E-state index contributed by atoms with van der Waals surface area (Å²) in [5.74, 6) is -0.609. The minimum absolute atomic E-state index is 0.104. The lowest BCUT2D eigenvalue weighted by Crippen LogP contribution is -2.12. The Balaban J connectivity index is 1.57. The van der Waals surface area contributed by atoms with Crippen LogP contribution in [-0.2, 0) is 17.6 Å². The van der Waals surface area contributed by atoms with Crippen molar-refractivity contribution in [1.29, 1.82) is 0 Å². The number of amides is 1. The van der Waals surface area contributed by atoms with Crippen LogP contribution in [0.4, 0.5) is 5.69 Å². The van der Waals surface area contributed by atoms with Crippen molar-refractivity contribution in [3.63, 3.8) is 0 Å². The van der Waals surface area contributed by atoms with E-state index in [4.69, 9.17) is 9.15 Å². The van der Waals surface area contributed by atoms with E-state index in [1.54, 1.807) is 31.2 Å². The van der Waals surface area contributed by atoms with Crippen molar-refractivity contribution in [1.82, 2.24) is 10.2 Å². The van der Waals surface area contributed by atoms with Gasteiger partial charge in [-0.3, -0.25) is 4.79 Å². The molecule has 0 spiro atoms. The molecule has 0 atom stereocenters. The highest BCUT2D eigenvalue weighted by molar-refractivity contribution is 6.01. The summed E-state index contributed by atoms with van der Waals surface area (Å²) in [6.45, 7) is 2.05. The third kappa shape index (κ3) is 5.01. The van der Waals surface area contributed by atoms with Crippen molar-refractivity contribution >= 4 is 17.6 Å². The first-order chi connectivity index (χ1) is 13.2. The minimum Gasteiger partial charge on any atom is -0.462 e. The van der Waals surface area contributed by atoms with E-state index in [0.29, 0.717) is 30.2 Å². The van der Waals surface area contributed by atoms with Crippen molar-refractivity contribution in [2.24, 2.45) is 0 Å². The number of carbonyl (C=O) groups is 2. The van der Waals surface area contributed by atoms with Crippen LogP contribution in [0.1, 0.15) is 39.4 Å². The Morgan fingerprint density at radius 3 is 2.44 bits per heavy atom. The van der Waals surface area contributed by atoms with Crippen LogP contribution >= 0.6 is 0 Å². The van der Waals surface area contributed by atoms with Gasteiger partial charge in [0.05, 0.1) is 12.2 Å². The summed E-state index contributed by atoms with van der Waals surface area (Å²) in [5, 5.41) is 10.4. The van der Waals surface area contributed by atoms with Gasteiger partial charge in [0, 0.05) is 12.1 Å². The Morgan fingerprint density at radius 2 is 1.74 bits per heavy atom. The number of carbonyl (C=O) groups excluding carboxylic acids is 2. The third-order valence-corrected chi connectivity index (χ3v) is 3.79. The summed E-state index contributed by atoms with van der Waals surface area (Å²) in [4.78, 5) is 23.8. The van der Waals surface area contributed by atoms with Gasteiger partial charge in [-0.15, -0.1) is 10.2 Å². The predicted octanol–water partition coefficient (Wildman–Crippen LogP) is 3.28. The number of rotatable bonds is 7. The number of nitrogens with one attached hydrogen (secondary N) is 1. The van der Waals surface area contributed by atoms with Crippen LogP contribution in [0.5, 0.6) is 0 Å². The quantitative estimate of drug-likeness (QED) is 0.646. The fourth-order valence-electron chi connectivity index (χ4n) is 2.43. The number of aryl methyl sites for hydroxylation is 2. The van der Waals surface area contributed by atoms with E-state index in [9.17, 15) is 9.59 Å². The Labute approximate surface area is 156 Å². The molecule has 7 nitrogen and oxygen atoms in total. The molecular formula is C20H19N3O4. The van der Waals surface area contributed by atoms with Crippen LogP contribution in [0.3, 0.4) is 0 Å². The predicted molar refractivity (Wildman–Crippen MR) is 98.5 cm³/mol. The molecule has 27 heavy (non-hydrogen) atoms. The largest absolute Gasteiger partial charge is 0.462 e. The zero-order valence-corrected chi connectivity index (χ0v) is 14.8. The lowest BCUT2D eigenvalue weighted by atomic mass is 10.1. The molecule has 3 rings (SSSR count). The van der Waals surface area contributed by atoms with Gasteiger partial charge < -0.3 is 14.5 Å². The van der Waals surface area contributed by atoms with E-state index >= 15 is 0 Å². The molecule has 138 valence electrons. The summed E-state index contributed by atoms with van der Waals surface area (Å²) in [7, 11) is 0. The average Bonchev–Trinajstić information content (AvgIpc) is 3.17. The van der Waals surface area contributed by atoms with Gasteiger partial charge in [0.25, 0.3) is 0 Å². The molecular weight excluding hydrogens is 346 g/mol. The van der Waals surface area contributed by atoms with E-state index in [1.165, 1.54) is 0 Å². The van der Waals surface area contributed by atoms with E-state index in [1.807, 2.05) is 30.3 Å². The number of hydrogen-bond acceptors (Lipinski definition) is 6. The van der Waals surface area contributed by atoms with Gasteiger partial charge in [0.2, 0.25) is 5.89 Å². The maximum absolute atomic E-state index is 12.2. The SMILES string of the molecule is CCOC(=O)c1ccc(NC(=O)c2nnc(CCc3ccccc3)o2)cc1. The first-order valence-electron chi connectivity index (χ1n) is 8.60. The molecule has 2 aromatic carbocycles.